The number of benzene rings is 1. The van der Waals surface area contributed by atoms with Gasteiger partial charge in [-0.25, -0.2) is 9.72 Å². The number of para-hydroxylation sites is 1. The second-order valence-corrected chi connectivity index (χ2v) is 6.22. The van der Waals surface area contributed by atoms with Crippen LogP contribution in [0.3, 0.4) is 0 Å². The van der Waals surface area contributed by atoms with Crippen molar-refractivity contribution in [2.75, 3.05) is 0 Å². The number of nitrogens with zero attached hydrogens (tertiary/aromatic N) is 3. The maximum Gasteiger partial charge on any atom is 0.202 e. The van der Waals surface area contributed by atoms with Crippen molar-refractivity contribution in [3.05, 3.63) is 53.6 Å². The van der Waals surface area contributed by atoms with Crippen LogP contribution in [0.25, 0.3) is 22.3 Å². The Hall–Kier alpha value is -2.69. The van der Waals surface area contributed by atoms with Crippen LogP contribution < -0.4 is 0 Å². The highest BCUT2D eigenvalue weighted by Gasteiger charge is 2.18. The summed E-state index contributed by atoms with van der Waals surface area (Å²) in [5.41, 5.74) is 1.96. The maximum absolute atomic E-state index is 11.9. The first-order valence-corrected chi connectivity index (χ1v) is 7.15. The van der Waals surface area contributed by atoms with Gasteiger partial charge in [-0.05, 0) is 12.1 Å². The van der Waals surface area contributed by atoms with E-state index in [0.29, 0.717) is 11.5 Å². The number of hydroxylamine groups is 1. The lowest BCUT2D eigenvalue weighted by Crippen LogP contribution is -2.29. The van der Waals surface area contributed by atoms with E-state index in [4.69, 9.17) is 0 Å². The highest BCUT2D eigenvalue weighted by Crippen LogP contribution is 2.20. The maximum atomic E-state index is 11.9. The third kappa shape index (κ3) is 2.83. The molecular weight excluding hydrogens is 276 g/mol. The normalized spacial score (nSPS) is 12.8. The monoisotopic (exact) mass is 294 g/mol. The number of hydrogen-bond donors (Lipinski definition) is 1. The summed E-state index contributed by atoms with van der Waals surface area (Å²) in [6.07, 6.45) is 5.00. The Bertz CT molecular complexity index is 843. The van der Waals surface area contributed by atoms with E-state index in [9.17, 15) is 5.21 Å². The number of hydrogen-bond acceptors (Lipinski definition) is 3. The molecule has 0 spiro atoms. The molecule has 0 unspecified atom stereocenters. The summed E-state index contributed by atoms with van der Waals surface area (Å²) in [7, 11) is 0. The number of rotatable bonds is 2. The van der Waals surface area contributed by atoms with Gasteiger partial charge < -0.3 is 10.2 Å². The Morgan fingerprint density at radius 2 is 2.00 bits per heavy atom. The molecule has 0 radical (unpaired) electrons. The number of pyridine rings is 1. The summed E-state index contributed by atoms with van der Waals surface area (Å²) in [5, 5.41) is 13.0. The van der Waals surface area contributed by atoms with Gasteiger partial charge in [-0.2, -0.15) is 0 Å². The summed E-state index contributed by atoms with van der Waals surface area (Å²) in [6.45, 7) is 5.58. The van der Waals surface area contributed by atoms with Gasteiger partial charge in [-0.3, -0.25) is 4.98 Å². The predicted octanol–water partition coefficient (Wildman–Crippen LogP) is 3.35. The van der Waals surface area contributed by atoms with Gasteiger partial charge in [0.1, 0.15) is 11.5 Å². The molecule has 1 aromatic carbocycles. The van der Waals surface area contributed by atoms with Gasteiger partial charge in [0.05, 0.1) is 5.52 Å². The molecule has 5 nitrogen and oxygen atoms in total. The molecule has 0 saturated heterocycles. The molecule has 0 aliphatic rings. The molecule has 112 valence electrons. The van der Waals surface area contributed by atoms with E-state index >= 15 is 0 Å². The number of aromatic amines is 1. The highest BCUT2D eigenvalue weighted by molar-refractivity contribution is 5.82. The zero-order valence-corrected chi connectivity index (χ0v) is 12.9. The second-order valence-electron chi connectivity index (χ2n) is 6.22. The quantitative estimate of drug-likeness (QED) is 0.341. The molecule has 0 aliphatic carbocycles. The fourth-order valence-corrected chi connectivity index (χ4v) is 2.06. The number of fused-ring (bicyclic) bond motifs is 1. The average Bonchev–Trinajstić information content (AvgIpc) is 2.94. The molecule has 0 fully saturated rings. The number of aromatic nitrogens is 3. The van der Waals surface area contributed by atoms with Gasteiger partial charge in [-0.15, -0.1) is 0 Å². The zero-order valence-electron chi connectivity index (χ0n) is 12.9. The van der Waals surface area contributed by atoms with Crippen molar-refractivity contribution < 1.29 is 4.74 Å². The van der Waals surface area contributed by atoms with E-state index in [1.807, 2.05) is 51.1 Å². The van der Waals surface area contributed by atoms with Crippen molar-refractivity contribution in [2.45, 2.75) is 26.3 Å². The second kappa shape index (κ2) is 5.26. The SMILES string of the molecule is CC(C)(C)/[N+]([O-])=C/c1c[nH]c(-c2cnc3ccccc3c2)n1. The van der Waals surface area contributed by atoms with Crippen molar-refractivity contribution in [3.8, 4) is 11.4 Å². The standard InChI is InChI=1S/C17H18N4O/c1-17(2,3)21(22)11-14-10-19-16(20-14)13-8-12-6-4-5-7-15(12)18-9-13/h4-11H,1-3H3,(H,19,20)/b21-11-. The van der Waals surface area contributed by atoms with Crippen LogP contribution in [0.4, 0.5) is 0 Å². The fourth-order valence-electron chi connectivity index (χ4n) is 2.06. The highest BCUT2D eigenvalue weighted by atomic mass is 16.5. The summed E-state index contributed by atoms with van der Waals surface area (Å²) in [6, 6.07) is 9.96. The van der Waals surface area contributed by atoms with Gasteiger partial charge in [0.25, 0.3) is 0 Å². The molecule has 22 heavy (non-hydrogen) atoms. The molecule has 5 heteroatoms. The summed E-state index contributed by atoms with van der Waals surface area (Å²) >= 11 is 0. The van der Waals surface area contributed by atoms with Gasteiger partial charge in [-0.1, -0.05) is 18.2 Å². The van der Waals surface area contributed by atoms with Crippen molar-refractivity contribution in [2.24, 2.45) is 0 Å². The summed E-state index contributed by atoms with van der Waals surface area (Å²) in [4.78, 5) is 12.0. The lowest BCUT2D eigenvalue weighted by Gasteiger charge is -2.17. The fraction of sp³-hybridized carbons (Fsp3) is 0.235. The first kappa shape index (κ1) is 14.3. The van der Waals surface area contributed by atoms with Crippen LogP contribution in [0.1, 0.15) is 26.5 Å². The number of imidazole rings is 1. The minimum absolute atomic E-state index is 0.483. The minimum Gasteiger partial charge on any atom is -0.623 e. The van der Waals surface area contributed by atoms with E-state index in [1.165, 1.54) is 6.21 Å². The third-order valence-electron chi connectivity index (χ3n) is 3.37. The van der Waals surface area contributed by atoms with Gasteiger partial charge in [0.2, 0.25) is 6.21 Å². The van der Waals surface area contributed by atoms with E-state index in [1.54, 1.807) is 12.4 Å². The Morgan fingerprint density at radius 1 is 1.23 bits per heavy atom. The van der Waals surface area contributed by atoms with Crippen LogP contribution in [-0.4, -0.2) is 31.4 Å². The Morgan fingerprint density at radius 3 is 2.77 bits per heavy atom. The van der Waals surface area contributed by atoms with Crippen LogP contribution in [-0.2, 0) is 0 Å². The molecule has 0 saturated carbocycles. The van der Waals surface area contributed by atoms with Gasteiger partial charge in [0, 0.05) is 44.1 Å². The Labute approximate surface area is 128 Å². The van der Waals surface area contributed by atoms with Crippen molar-refractivity contribution in [3.63, 3.8) is 0 Å². The van der Waals surface area contributed by atoms with E-state index in [-0.39, 0.29) is 0 Å². The van der Waals surface area contributed by atoms with E-state index < -0.39 is 5.54 Å². The van der Waals surface area contributed by atoms with Crippen molar-refractivity contribution in [1.82, 2.24) is 15.0 Å². The van der Waals surface area contributed by atoms with Crippen molar-refractivity contribution >= 4 is 17.1 Å². The first-order chi connectivity index (χ1) is 10.4. The molecular formula is C17H18N4O. The molecule has 3 rings (SSSR count). The summed E-state index contributed by atoms with van der Waals surface area (Å²) in [5.74, 6) is 0.701. The van der Waals surface area contributed by atoms with Gasteiger partial charge >= 0.3 is 0 Å². The molecule has 0 atom stereocenters. The van der Waals surface area contributed by atoms with E-state index in [2.05, 4.69) is 15.0 Å². The van der Waals surface area contributed by atoms with Crippen LogP contribution >= 0.6 is 0 Å². The molecule has 0 amide bonds. The number of nitrogens with one attached hydrogen (secondary N) is 1. The zero-order chi connectivity index (χ0) is 15.7. The third-order valence-corrected chi connectivity index (χ3v) is 3.37. The van der Waals surface area contributed by atoms with E-state index in [0.717, 1.165) is 21.2 Å². The van der Waals surface area contributed by atoms with Gasteiger partial charge in [0.15, 0.2) is 5.54 Å². The number of H-pyrrole nitrogens is 1. The van der Waals surface area contributed by atoms with Crippen LogP contribution in [0.5, 0.6) is 0 Å². The first-order valence-electron chi connectivity index (χ1n) is 7.15. The van der Waals surface area contributed by atoms with Crippen molar-refractivity contribution in [1.29, 1.82) is 0 Å². The molecule has 2 aromatic heterocycles. The smallest absolute Gasteiger partial charge is 0.202 e. The largest absolute Gasteiger partial charge is 0.623 e. The van der Waals surface area contributed by atoms with Crippen LogP contribution in [0, 0.1) is 5.21 Å². The summed E-state index contributed by atoms with van der Waals surface area (Å²) < 4.78 is 0.908. The molecule has 0 bridgehead atoms. The minimum atomic E-state index is -0.483. The Kier molecular flexibility index (Phi) is 3.41. The van der Waals surface area contributed by atoms with Crippen LogP contribution in [0.15, 0.2) is 42.7 Å². The topological polar surface area (TPSA) is 67.6 Å². The lowest BCUT2D eigenvalue weighted by atomic mass is 10.1. The average molecular weight is 294 g/mol. The Balaban J connectivity index is 1.95. The predicted molar refractivity (Wildman–Crippen MR) is 87.9 cm³/mol. The van der Waals surface area contributed by atoms with Crippen LogP contribution in [0.2, 0.25) is 0 Å². The lowest BCUT2D eigenvalue weighted by molar-refractivity contribution is -0.530. The molecule has 2 heterocycles. The molecule has 1 N–H and O–H groups in total. The molecule has 3 aromatic rings. The molecule has 0 aliphatic heterocycles.